The highest BCUT2D eigenvalue weighted by Crippen LogP contribution is 2.14. The molecule has 0 spiro atoms. The van der Waals surface area contributed by atoms with E-state index in [1.807, 2.05) is 19.0 Å². The van der Waals surface area contributed by atoms with Gasteiger partial charge in [0.15, 0.2) is 0 Å². The number of hydrogen-bond acceptors (Lipinski definition) is 2. The summed E-state index contributed by atoms with van der Waals surface area (Å²) in [5.74, 6) is 0.278. The molecule has 1 aliphatic heterocycles. The second-order valence-corrected chi connectivity index (χ2v) is 2.75. The van der Waals surface area contributed by atoms with Crippen LogP contribution in [0.5, 0.6) is 0 Å². The number of carbonyl (C=O) groups excluding carboxylic acids is 1. The van der Waals surface area contributed by atoms with E-state index in [9.17, 15) is 4.79 Å². The molecule has 1 unspecified atom stereocenters. The van der Waals surface area contributed by atoms with Gasteiger partial charge < -0.3 is 10.2 Å². The lowest BCUT2D eigenvalue weighted by molar-refractivity contribution is -0.127. The van der Waals surface area contributed by atoms with Crippen molar-refractivity contribution in [2.75, 3.05) is 20.6 Å². The van der Waals surface area contributed by atoms with Gasteiger partial charge in [-0.1, -0.05) is 0 Å². The zero-order valence-corrected chi connectivity index (χ0v) is 9.00. The maximum Gasteiger partial charge on any atom is 0.222 e. The third-order valence-electron chi connectivity index (χ3n) is 2.07. The number of likely N-dealkylation sites (tertiary alicyclic amines) is 1. The summed E-state index contributed by atoms with van der Waals surface area (Å²) in [6.07, 6.45) is 1.74. The van der Waals surface area contributed by atoms with Crippen molar-refractivity contribution in [3.05, 3.63) is 0 Å². The number of likely N-dealkylation sites (N-methyl/N-ethyl adjacent to an activating group) is 2. The Kier molecular flexibility index (Phi) is 7.89. The van der Waals surface area contributed by atoms with Crippen LogP contribution < -0.4 is 5.32 Å². The molecule has 1 N–H and O–H groups in total. The van der Waals surface area contributed by atoms with Crippen LogP contribution in [0.1, 0.15) is 12.8 Å². The minimum atomic E-state index is 0. The lowest BCUT2D eigenvalue weighted by Crippen LogP contribution is -2.35. The second kappa shape index (κ2) is 6.52. The maximum absolute atomic E-state index is 11.0. The molecule has 0 aromatic heterocycles. The van der Waals surface area contributed by atoms with E-state index >= 15 is 0 Å². The minimum absolute atomic E-state index is 0. The van der Waals surface area contributed by atoms with Crippen LogP contribution in [0.2, 0.25) is 0 Å². The molecule has 1 saturated heterocycles. The molecule has 1 aliphatic rings. The number of amides is 1. The molecule has 0 saturated carbocycles. The Bertz CT molecular complexity index is 143. The molecule has 1 fully saturated rings. The highest BCUT2D eigenvalue weighted by Gasteiger charge is 2.26. The van der Waals surface area contributed by atoms with Gasteiger partial charge in [0.2, 0.25) is 5.91 Å². The van der Waals surface area contributed by atoms with Gasteiger partial charge in [-0.05, 0) is 13.5 Å². The number of hydrogen-bond donors (Lipinski definition) is 1. The smallest absolute Gasteiger partial charge is 0.222 e. The zero-order valence-electron chi connectivity index (χ0n) is 7.37. The standard InChI is InChI=1S/C7H14N2O.2ClH/c1-8-5-6-3-4-7(10)9(6)2;;/h6,8H,3-5H2,1-2H3;2*1H. The van der Waals surface area contributed by atoms with Crippen molar-refractivity contribution < 1.29 is 4.79 Å². The Morgan fingerprint density at radius 1 is 1.58 bits per heavy atom. The van der Waals surface area contributed by atoms with Crippen LogP contribution >= 0.6 is 24.8 Å². The van der Waals surface area contributed by atoms with E-state index in [1.54, 1.807) is 0 Å². The van der Waals surface area contributed by atoms with Crippen LogP contribution in [0.15, 0.2) is 0 Å². The Hall–Kier alpha value is 0.01000. The summed E-state index contributed by atoms with van der Waals surface area (Å²) in [7, 11) is 3.79. The lowest BCUT2D eigenvalue weighted by Gasteiger charge is -2.18. The summed E-state index contributed by atoms with van der Waals surface area (Å²) in [6.45, 7) is 0.919. The topological polar surface area (TPSA) is 32.3 Å². The molecule has 1 amide bonds. The Morgan fingerprint density at radius 2 is 2.17 bits per heavy atom. The van der Waals surface area contributed by atoms with E-state index in [4.69, 9.17) is 0 Å². The molecular formula is C7H16Cl2N2O. The molecule has 1 atom stereocenters. The number of nitrogens with one attached hydrogen (secondary N) is 1. The number of nitrogens with zero attached hydrogens (tertiary/aromatic N) is 1. The van der Waals surface area contributed by atoms with Crippen molar-refractivity contribution in [1.29, 1.82) is 0 Å². The lowest BCUT2D eigenvalue weighted by atomic mass is 10.2. The molecule has 3 nitrogen and oxygen atoms in total. The van der Waals surface area contributed by atoms with E-state index in [0.29, 0.717) is 6.04 Å². The fourth-order valence-electron chi connectivity index (χ4n) is 1.34. The first-order valence-corrected chi connectivity index (χ1v) is 3.66. The van der Waals surface area contributed by atoms with Crippen molar-refractivity contribution in [3.63, 3.8) is 0 Å². The van der Waals surface area contributed by atoms with Gasteiger partial charge in [-0.3, -0.25) is 4.79 Å². The first kappa shape index (κ1) is 14.5. The molecule has 1 heterocycles. The van der Waals surface area contributed by atoms with Crippen LogP contribution in [0.3, 0.4) is 0 Å². The second-order valence-electron chi connectivity index (χ2n) is 2.75. The molecule has 5 heteroatoms. The monoisotopic (exact) mass is 214 g/mol. The Labute approximate surface area is 85.7 Å². The van der Waals surface area contributed by atoms with Crippen LogP contribution in [0, 0.1) is 0 Å². The van der Waals surface area contributed by atoms with Gasteiger partial charge in [0, 0.05) is 26.1 Å². The van der Waals surface area contributed by atoms with Crippen molar-refractivity contribution in [1.82, 2.24) is 10.2 Å². The van der Waals surface area contributed by atoms with Gasteiger partial charge in [-0.15, -0.1) is 24.8 Å². The van der Waals surface area contributed by atoms with E-state index in [0.717, 1.165) is 19.4 Å². The van der Waals surface area contributed by atoms with Crippen LogP contribution in [0.4, 0.5) is 0 Å². The predicted octanol–water partition coefficient (Wildman–Crippen LogP) is 0.670. The van der Waals surface area contributed by atoms with Crippen LogP contribution in [-0.4, -0.2) is 37.5 Å². The number of halogens is 2. The average molecular weight is 215 g/mol. The van der Waals surface area contributed by atoms with Gasteiger partial charge in [0.25, 0.3) is 0 Å². The van der Waals surface area contributed by atoms with Gasteiger partial charge in [-0.25, -0.2) is 0 Å². The largest absolute Gasteiger partial charge is 0.341 e. The summed E-state index contributed by atoms with van der Waals surface area (Å²) in [5, 5.41) is 3.07. The summed E-state index contributed by atoms with van der Waals surface area (Å²) in [5.41, 5.74) is 0. The van der Waals surface area contributed by atoms with Crippen molar-refractivity contribution in [2.24, 2.45) is 0 Å². The fraction of sp³-hybridized carbons (Fsp3) is 0.857. The number of rotatable bonds is 2. The van der Waals surface area contributed by atoms with Crippen molar-refractivity contribution >= 4 is 30.7 Å². The van der Waals surface area contributed by atoms with Crippen LogP contribution in [-0.2, 0) is 4.79 Å². The number of carbonyl (C=O) groups is 1. The third kappa shape index (κ3) is 3.17. The quantitative estimate of drug-likeness (QED) is 0.734. The minimum Gasteiger partial charge on any atom is -0.341 e. The van der Waals surface area contributed by atoms with Crippen molar-refractivity contribution in [3.8, 4) is 0 Å². The van der Waals surface area contributed by atoms with Gasteiger partial charge in [0.1, 0.15) is 0 Å². The Morgan fingerprint density at radius 3 is 2.50 bits per heavy atom. The normalized spacial score (nSPS) is 21.7. The van der Waals surface area contributed by atoms with E-state index in [-0.39, 0.29) is 30.7 Å². The van der Waals surface area contributed by atoms with E-state index < -0.39 is 0 Å². The highest BCUT2D eigenvalue weighted by atomic mass is 35.5. The summed E-state index contributed by atoms with van der Waals surface area (Å²) in [4.78, 5) is 12.8. The van der Waals surface area contributed by atoms with Crippen LogP contribution in [0.25, 0.3) is 0 Å². The van der Waals surface area contributed by atoms with Gasteiger partial charge in [-0.2, -0.15) is 0 Å². The van der Waals surface area contributed by atoms with E-state index in [1.165, 1.54) is 0 Å². The molecule has 0 aliphatic carbocycles. The molecule has 0 aromatic rings. The average Bonchev–Trinajstić information content (AvgIpc) is 2.20. The summed E-state index contributed by atoms with van der Waals surface area (Å²) < 4.78 is 0. The molecule has 12 heavy (non-hydrogen) atoms. The first-order chi connectivity index (χ1) is 4.75. The summed E-state index contributed by atoms with van der Waals surface area (Å²) in [6, 6.07) is 0.428. The van der Waals surface area contributed by atoms with Gasteiger partial charge in [0.05, 0.1) is 0 Å². The molecule has 0 aromatic carbocycles. The zero-order chi connectivity index (χ0) is 7.56. The molecule has 1 rings (SSSR count). The highest BCUT2D eigenvalue weighted by molar-refractivity contribution is 5.85. The summed E-state index contributed by atoms with van der Waals surface area (Å²) >= 11 is 0. The Balaban J connectivity index is 0. The SMILES string of the molecule is CNCC1CCC(=O)N1C.Cl.Cl. The predicted molar refractivity (Wildman–Crippen MR) is 54.2 cm³/mol. The van der Waals surface area contributed by atoms with E-state index in [2.05, 4.69) is 5.32 Å². The third-order valence-corrected chi connectivity index (χ3v) is 2.07. The first-order valence-electron chi connectivity index (χ1n) is 3.66. The van der Waals surface area contributed by atoms with Crippen molar-refractivity contribution in [2.45, 2.75) is 18.9 Å². The van der Waals surface area contributed by atoms with Gasteiger partial charge >= 0.3 is 0 Å². The molecule has 74 valence electrons. The maximum atomic E-state index is 11.0. The molecule has 0 radical (unpaired) electrons. The molecular weight excluding hydrogens is 199 g/mol. The fourth-order valence-corrected chi connectivity index (χ4v) is 1.34. The molecule has 0 bridgehead atoms.